The van der Waals surface area contributed by atoms with Crippen LogP contribution >= 0.6 is 12.2 Å². The van der Waals surface area contributed by atoms with E-state index in [9.17, 15) is 4.79 Å². The predicted molar refractivity (Wildman–Crippen MR) is 80.6 cm³/mol. The van der Waals surface area contributed by atoms with Crippen LogP contribution in [0.1, 0.15) is 6.92 Å². The third-order valence-corrected chi connectivity index (χ3v) is 3.12. The number of carbonyl (C=O) groups excluding carboxylic acids is 1. The average Bonchev–Trinajstić information content (AvgIpc) is 2.39. The molecule has 1 unspecified atom stereocenters. The summed E-state index contributed by atoms with van der Waals surface area (Å²) in [4.78, 5) is 13.9. The van der Waals surface area contributed by atoms with Crippen molar-refractivity contribution < 1.29 is 9.53 Å². The maximum Gasteiger partial charge on any atom is 0.321 e. The summed E-state index contributed by atoms with van der Waals surface area (Å²) in [5.41, 5.74) is 6.24. The van der Waals surface area contributed by atoms with Crippen LogP contribution in [0.3, 0.4) is 0 Å². The number of rotatable bonds is 5. The Kier molecular flexibility index (Phi) is 5.57. The largest absolute Gasteiger partial charge is 0.497 e. The van der Waals surface area contributed by atoms with Crippen molar-refractivity contribution in [1.29, 1.82) is 0 Å². The molecule has 3 N–H and O–H groups in total. The number of anilines is 1. The van der Waals surface area contributed by atoms with Crippen molar-refractivity contribution >= 4 is 28.9 Å². The molecule has 5 nitrogen and oxygen atoms in total. The van der Waals surface area contributed by atoms with Crippen molar-refractivity contribution in [3.8, 4) is 5.75 Å². The zero-order valence-electron chi connectivity index (χ0n) is 11.3. The number of urea groups is 1. The Morgan fingerprint density at radius 3 is 2.53 bits per heavy atom. The molecule has 1 aromatic carbocycles. The molecule has 1 atom stereocenters. The molecule has 0 aromatic heterocycles. The molecule has 0 bridgehead atoms. The molecule has 0 radical (unpaired) electrons. The minimum absolute atomic E-state index is 0.0124. The SMILES string of the molecule is COc1ccc(NC(=O)N(C)CC(C)C(N)=S)cc1. The van der Waals surface area contributed by atoms with Gasteiger partial charge in [-0.15, -0.1) is 0 Å². The fourth-order valence-corrected chi connectivity index (χ4v) is 1.55. The summed E-state index contributed by atoms with van der Waals surface area (Å²) in [5.74, 6) is 0.732. The zero-order valence-corrected chi connectivity index (χ0v) is 12.2. The minimum Gasteiger partial charge on any atom is -0.497 e. The van der Waals surface area contributed by atoms with Gasteiger partial charge in [-0.2, -0.15) is 0 Å². The molecule has 0 aliphatic heterocycles. The van der Waals surface area contributed by atoms with E-state index in [0.29, 0.717) is 17.2 Å². The summed E-state index contributed by atoms with van der Waals surface area (Å²) in [5, 5.41) is 2.78. The average molecular weight is 281 g/mol. The maximum absolute atomic E-state index is 11.9. The Hall–Kier alpha value is -1.82. The van der Waals surface area contributed by atoms with Gasteiger partial charge in [-0.1, -0.05) is 19.1 Å². The van der Waals surface area contributed by atoms with Crippen LogP contribution in [0.4, 0.5) is 10.5 Å². The van der Waals surface area contributed by atoms with Crippen molar-refractivity contribution in [3.05, 3.63) is 24.3 Å². The smallest absolute Gasteiger partial charge is 0.321 e. The molecule has 0 fully saturated rings. The van der Waals surface area contributed by atoms with Gasteiger partial charge in [0.05, 0.1) is 12.1 Å². The first kappa shape index (κ1) is 15.2. The molecule has 0 saturated heterocycles. The van der Waals surface area contributed by atoms with Gasteiger partial charge < -0.3 is 20.7 Å². The summed E-state index contributed by atoms with van der Waals surface area (Å²) >= 11 is 4.89. The van der Waals surface area contributed by atoms with Crippen LogP contribution in [0.2, 0.25) is 0 Å². The number of nitrogens with two attached hydrogens (primary N) is 1. The first-order valence-corrected chi connectivity index (χ1v) is 6.30. The van der Waals surface area contributed by atoms with Crippen molar-refractivity contribution in [2.75, 3.05) is 26.0 Å². The molecule has 2 amide bonds. The first-order valence-electron chi connectivity index (χ1n) is 5.89. The number of thiocarbonyl (C=S) groups is 1. The third-order valence-electron chi connectivity index (χ3n) is 2.72. The van der Waals surface area contributed by atoms with Gasteiger partial charge in [0.15, 0.2) is 0 Å². The lowest BCUT2D eigenvalue weighted by atomic mass is 10.2. The molecule has 0 saturated carbocycles. The van der Waals surface area contributed by atoms with Gasteiger partial charge in [-0.05, 0) is 24.3 Å². The molecule has 6 heteroatoms. The number of nitrogens with one attached hydrogen (secondary N) is 1. The third kappa shape index (κ3) is 4.75. The van der Waals surface area contributed by atoms with Crippen LogP contribution in [-0.2, 0) is 0 Å². The van der Waals surface area contributed by atoms with Gasteiger partial charge in [0.2, 0.25) is 0 Å². The van der Waals surface area contributed by atoms with E-state index in [4.69, 9.17) is 22.7 Å². The Morgan fingerprint density at radius 1 is 1.47 bits per heavy atom. The van der Waals surface area contributed by atoms with Crippen LogP contribution in [0, 0.1) is 5.92 Å². The standard InChI is InChI=1S/C13H19N3O2S/c1-9(12(14)19)8-16(2)13(17)15-10-4-6-11(18-3)7-5-10/h4-7,9H,8H2,1-3H3,(H2,14,19)(H,15,17). The Morgan fingerprint density at radius 2 is 2.05 bits per heavy atom. The monoisotopic (exact) mass is 281 g/mol. The highest BCUT2D eigenvalue weighted by Crippen LogP contribution is 2.15. The summed E-state index contributed by atoms with van der Waals surface area (Å²) < 4.78 is 5.05. The van der Waals surface area contributed by atoms with Gasteiger partial charge in [0.1, 0.15) is 5.75 Å². The van der Waals surface area contributed by atoms with Crippen molar-refractivity contribution in [2.24, 2.45) is 11.7 Å². The molecule has 1 rings (SSSR count). The minimum atomic E-state index is -0.201. The lowest BCUT2D eigenvalue weighted by molar-refractivity contribution is 0.220. The molecule has 0 aliphatic rings. The van der Waals surface area contributed by atoms with Gasteiger partial charge in [-0.3, -0.25) is 0 Å². The molecule has 0 spiro atoms. The van der Waals surface area contributed by atoms with Crippen LogP contribution in [0.25, 0.3) is 0 Å². The van der Waals surface area contributed by atoms with Crippen molar-refractivity contribution in [3.63, 3.8) is 0 Å². The Labute approximate surface area is 118 Å². The highest BCUT2D eigenvalue weighted by Gasteiger charge is 2.14. The van der Waals surface area contributed by atoms with E-state index in [0.717, 1.165) is 5.75 Å². The number of benzene rings is 1. The van der Waals surface area contributed by atoms with E-state index in [1.807, 2.05) is 6.92 Å². The molecular formula is C13H19N3O2S. The molecule has 104 valence electrons. The molecule has 19 heavy (non-hydrogen) atoms. The predicted octanol–water partition coefficient (Wildman–Crippen LogP) is 2.08. The van der Waals surface area contributed by atoms with Gasteiger partial charge >= 0.3 is 6.03 Å². The van der Waals surface area contributed by atoms with E-state index in [2.05, 4.69) is 5.32 Å². The Bertz CT molecular complexity index is 448. The number of carbonyl (C=O) groups is 1. The van der Waals surface area contributed by atoms with Gasteiger partial charge in [0.25, 0.3) is 0 Å². The number of ether oxygens (including phenoxy) is 1. The highest BCUT2D eigenvalue weighted by atomic mass is 32.1. The van der Waals surface area contributed by atoms with Crippen molar-refractivity contribution in [1.82, 2.24) is 4.90 Å². The summed E-state index contributed by atoms with van der Waals surface area (Å²) in [6.07, 6.45) is 0. The number of hydrogen-bond acceptors (Lipinski definition) is 3. The van der Waals surface area contributed by atoms with E-state index in [1.54, 1.807) is 43.3 Å². The fourth-order valence-electron chi connectivity index (χ4n) is 1.48. The van der Waals surface area contributed by atoms with Crippen LogP contribution in [0.5, 0.6) is 5.75 Å². The van der Waals surface area contributed by atoms with Crippen LogP contribution in [0.15, 0.2) is 24.3 Å². The van der Waals surface area contributed by atoms with Crippen LogP contribution in [-0.4, -0.2) is 36.6 Å². The molecule has 1 aromatic rings. The summed E-state index contributed by atoms with van der Waals surface area (Å²) in [7, 11) is 3.30. The molecular weight excluding hydrogens is 262 g/mol. The molecule has 0 heterocycles. The number of methoxy groups -OCH3 is 1. The normalized spacial score (nSPS) is 11.5. The topological polar surface area (TPSA) is 67.6 Å². The van der Waals surface area contributed by atoms with E-state index in [-0.39, 0.29) is 11.9 Å². The fraction of sp³-hybridized carbons (Fsp3) is 0.385. The Balaban J connectivity index is 2.55. The second-order valence-corrected chi connectivity index (χ2v) is 4.81. The second kappa shape index (κ2) is 6.94. The van der Waals surface area contributed by atoms with Gasteiger partial charge in [-0.25, -0.2) is 4.79 Å². The van der Waals surface area contributed by atoms with E-state index in [1.165, 1.54) is 0 Å². The number of nitrogens with zero attached hydrogens (tertiary/aromatic N) is 1. The summed E-state index contributed by atoms with van der Waals surface area (Å²) in [6, 6.07) is 6.93. The quantitative estimate of drug-likeness (QED) is 0.811. The second-order valence-electron chi connectivity index (χ2n) is 4.34. The molecule has 0 aliphatic carbocycles. The lowest BCUT2D eigenvalue weighted by Crippen LogP contribution is -2.37. The highest BCUT2D eigenvalue weighted by molar-refractivity contribution is 7.80. The van der Waals surface area contributed by atoms with E-state index >= 15 is 0 Å². The maximum atomic E-state index is 11.9. The van der Waals surface area contributed by atoms with Gasteiger partial charge in [0, 0.05) is 25.2 Å². The summed E-state index contributed by atoms with van der Waals surface area (Å²) in [6.45, 7) is 2.37. The van der Waals surface area contributed by atoms with E-state index < -0.39 is 0 Å². The first-order chi connectivity index (χ1) is 8.93. The lowest BCUT2D eigenvalue weighted by Gasteiger charge is -2.21. The van der Waals surface area contributed by atoms with Crippen LogP contribution < -0.4 is 15.8 Å². The number of hydrogen-bond donors (Lipinski definition) is 2. The number of amides is 2. The zero-order chi connectivity index (χ0) is 14.4. The van der Waals surface area contributed by atoms with Crippen molar-refractivity contribution in [2.45, 2.75) is 6.92 Å².